The van der Waals surface area contributed by atoms with Crippen LogP contribution >= 0.6 is 26.8 Å². The molecule has 0 amide bonds. The zero-order valence-corrected chi connectivity index (χ0v) is 23.9. The Labute approximate surface area is 237 Å². The van der Waals surface area contributed by atoms with E-state index in [4.69, 9.17) is 30.6 Å². The highest BCUT2D eigenvalue weighted by atomic mass is 35.5. The van der Waals surface area contributed by atoms with Crippen molar-refractivity contribution in [1.29, 1.82) is 0 Å². The van der Waals surface area contributed by atoms with Crippen LogP contribution in [0.5, 0.6) is 0 Å². The van der Waals surface area contributed by atoms with E-state index >= 15 is 4.39 Å². The fraction of sp³-hybridized carbons (Fsp3) is 0.522. The molecule has 4 heterocycles. The van der Waals surface area contributed by atoms with Crippen LogP contribution in [0.2, 0.25) is 5.28 Å². The Morgan fingerprint density at radius 2 is 1.88 bits per heavy atom. The predicted molar refractivity (Wildman–Crippen MR) is 142 cm³/mol. The summed E-state index contributed by atoms with van der Waals surface area (Å²) in [6.45, 7) is -0.281. The first-order valence-corrected chi connectivity index (χ1v) is 16.7. The van der Waals surface area contributed by atoms with Gasteiger partial charge < -0.3 is 39.1 Å². The van der Waals surface area contributed by atoms with Crippen molar-refractivity contribution < 1.29 is 47.7 Å². The first kappa shape index (κ1) is 29.1. The molecule has 1 aromatic carbocycles. The summed E-state index contributed by atoms with van der Waals surface area (Å²) in [5.74, 6) is -1.56. The second kappa shape index (κ2) is 10.3. The summed E-state index contributed by atoms with van der Waals surface area (Å²) in [6.07, 6.45) is -0.702. The van der Waals surface area contributed by atoms with E-state index < -0.39 is 58.1 Å². The molecular weight excluding hydrogens is 607 g/mol. The highest BCUT2D eigenvalue weighted by molar-refractivity contribution is 7.70. The Kier molecular flexibility index (Phi) is 7.30. The SMILES string of the molecule is O=P(O)(O)CP(=O)(O)OC[C@H]1O[C@@H](n2cnc3c(N4CC5(CCCC5)c5cccc(F)c54)nc(Cl)nc32)[C@@H](O)C1O. The van der Waals surface area contributed by atoms with Crippen LogP contribution in [-0.4, -0.2) is 81.8 Å². The minimum Gasteiger partial charge on any atom is -0.387 e. The number of aliphatic hydroxyl groups excluding tert-OH is 2. The molecule has 6 rings (SSSR count). The van der Waals surface area contributed by atoms with Gasteiger partial charge in [-0.25, -0.2) is 9.37 Å². The van der Waals surface area contributed by atoms with Gasteiger partial charge in [-0.05, 0) is 36.1 Å². The number of imidazole rings is 1. The van der Waals surface area contributed by atoms with Crippen molar-refractivity contribution in [2.75, 3.05) is 24.0 Å². The van der Waals surface area contributed by atoms with Gasteiger partial charge in [0.15, 0.2) is 29.1 Å². The highest BCUT2D eigenvalue weighted by Crippen LogP contribution is 2.56. The fourth-order valence-electron chi connectivity index (χ4n) is 6.15. The van der Waals surface area contributed by atoms with E-state index in [9.17, 15) is 24.2 Å². The van der Waals surface area contributed by atoms with Crippen molar-refractivity contribution in [3.05, 3.63) is 41.2 Å². The summed E-state index contributed by atoms with van der Waals surface area (Å²) in [7, 11) is -9.59. The van der Waals surface area contributed by atoms with Gasteiger partial charge >= 0.3 is 15.2 Å². The number of para-hydroxylation sites is 1. The van der Waals surface area contributed by atoms with Crippen molar-refractivity contribution in [1.82, 2.24) is 19.5 Å². The molecule has 1 saturated carbocycles. The van der Waals surface area contributed by atoms with Gasteiger partial charge in [0.2, 0.25) is 5.28 Å². The minimum atomic E-state index is -4.86. The topological polar surface area (TPSA) is 201 Å². The number of halogens is 2. The van der Waals surface area contributed by atoms with Gasteiger partial charge in [-0.15, -0.1) is 0 Å². The Balaban J connectivity index is 1.32. The molecule has 1 spiro atoms. The third-order valence-corrected chi connectivity index (χ3v) is 11.5. The lowest BCUT2D eigenvalue weighted by atomic mass is 9.81. The number of aliphatic hydroxyl groups is 2. The second-order valence-corrected chi connectivity index (χ2v) is 15.0. The Hall–Kier alpha value is -2.03. The maximum Gasteiger partial charge on any atom is 0.340 e. The summed E-state index contributed by atoms with van der Waals surface area (Å²) in [4.78, 5) is 42.5. The molecule has 2 aromatic heterocycles. The van der Waals surface area contributed by atoms with Crippen LogP contribution in [0.3, 0.4) is 0 Å². The normalized spacial score (nSPS) is 27.1. The zero-order chi connectivity index (χ0) is 29.3. The van der Waals surface area contributed by atoms with E-state index in [1.165, 1.54) is 17.0 Å². The standard InChI is InChI=1S/C23H27ClFN5O9P2/c24-22-27-19(29-9-23(6-1-2-7-23)12-4-3-5-13(25)16(12)29)15-20(28-22)30(10-26-15)21-18(32)17(31)14(39-21)8-38-41(36,37)11-40(33,34)35/h3-5,10,14,17-18,21,31-32H,1-2,6-9,11H2,(H,36,37)(H2,33,34,35)/t14-,17?,18+,21-/m1/s1. The van der Waals surface area contributed by atoms with Crippen molar-refractivity contribution in [3.63, 3.8) is 0 Å². The maximum absolute atomic E-state index is 15.3. The molecule has 2 unspecified atom stereocenters. The quantitative estimate of drug-likeness (QED) is 0.188. The largest absolute Gasteiger partial charge is 0.387 e. The maximum atomic E-state index is 15.3. The number of anilines is 2. The number of nitrogens with zero attached hydrogens (tertiary/aromatic N) is 5. The van der Waals surface area contributed by atoms with Crippen molar-refractivity contribution >= 4 is 49.5 Å². The fourth-order valence-corrected chi connectivity index (χ4v) is 8.88. The molecule has 3 aromatic rings. The summed E-state index contributed by atoms with van der Waals surface area (Å²) in [5.41, 5.74) is 1.42. The lowest BCUT2D eigenvalue weighted by Crippen LogP contribution is -2.33. The van der Waals surface area contributed by atoms with Gasteiger partial charge in [0.05, 0.1) is 18.6 Å². The molecule has 41 heavy (non-hydrogen) atoms. The zero-order valence-electron chi connectivity index (χ0n) is 21.3. The van der Waals surface area contributed by atoms with Gasteiger partial charge in [0, 0.05) is 12.0 Å². The molecule has 0 bridgehead atoms. The van der Waals surface area contributed by atoms with Crippen LogP contribution in [0.1, 0.15) is 37.5 Å². The average molecular weight is 634 g/mol. The minimum absolute atomic E-state index is 0.123. The van der Waals surface area contributed by atoms with Crippen LogP contribution < -0.4 is 4.90 Å². The van der Waals surface area contributed by atoms with Gasteiger partial charge in [-0.2, -0.15) is 9.97 Å². The second-order valence-electron chi connectivity index (χ2n) is 10.6. The molecule has 18 heteroatoms. The first-order chi connectivity index (χ1) is 19.3. The lowest BCUT2D eigenvalue weighted by molar-refractivity contribution is -0.0483. The van der Waals surface area contributed by atoms with Gasteiger partial charge in [0.1, 0.15) is 24.1 Å². The van der Waals surface area contributed by atoms with E-state index in [2.05, 4.69) is 15.0 Å². The number of aromatic nitrogens is 4. The predicted octanol–water partition coefficient (Wildman–Crippen LogP) is 2.54. The molecule has 2 fully saturated rings. The Morgan fingerprint density at radius 1 is 1.15 bits per heavy atom. The van der Waals surface area contributed by atoms with Gasteiger partial charge in [-0.3, -0.25) is 13.7 Å². The number of benzene rings is 1. The molecule has 5 N–H and O–H groups in total. The van der Waals surface area contributed by atoms with Crippen LogP contribution in [0.25, 0.3) is 11.2 Å². The van der Waals surface area contributed by atoms with E-state index in [-0.39, 0.29) is 27.7 Å². The smallest absolute Gasteiger partial charge is 0.340 e. The molecular formula is C23H27ClFN5O9P2. The van der Waals surface area contributed by atoms with Crippen LogP contribution in [-0.2, 0) is 23.8 Å². The van der Waals surface area contributed by atoms with Gasteiger partial charge in [0.25, 0.3) is 0 Å². The van der Waals surface area contributed by atoms with Gasteiger partial charge in [-0.1, -0.05) is 25.0 Å². The molecule has 222 valence electrons. The molecule has 2 aliphatic heterocycles. The third-order valence-electron chi connectivity index (χ3n) is 7.90. The van der Waals surface area contributed by atoms with Crippen LogP contribution in [0, 0.1) is 5.82 Å². The molecule has 1 aliphatic carbocycles. The van der Waals surface area contributed by atoms with Crippen molar-refractivity contribution in [2.45, 2.75) is 55.6 Å². The summed E-state index contributed by atoms with van der Waals surface area (Å²) >= 11 is 6.32. The Bertz CT molecular complexity index is 1600. The number of hydrogen-bond acceptors (Lipinski definition) is 10. The number of rotatable bonds is 7. The van der Waals surface area contributed by atoms with Crippen LogP contribution in [0.15, 0.2) is 24.5 Å². The number of ether oxygens (including phenoxy) is 1. The van der Waals surface area contributed by atoms with Crippen LogP contribution in [0.4, 0.5) is 15.9 Å². The van der Waals surface area contributed by atoms with Crippen molar-refractivity contribution in [2.24, 2.45) is 0 Å². The van der Waals surface area contributed by atoms with E-state index in [1.807, 2.05) is 6.07 Å². The molecule has 0 radical (unpaired) electrons. The number of hydrogen-bond donors (Lipinski definition) is 5. The number of fused-ring (bicyclic) bond motifs is 3. The molecule has 14 nitrogen and oxygen atoms in total. The van der Waals surface area contributed by atoms with E-state index in [0.29, 0.717) is 12.2 Å². The monoisotopic (exact) mass is 633 g/mol. The molecule has 3 aliphatic rings. The molecule has 1 saturated heterocycles. The third kappa shape index (κ3) is 5.22. The Morgan fingerprint density at radius 3 is 2.59 bits per heavy atom. The van der Waals surface area contributed by atoms with E-state index in [0.717, 1.165) is 31.2 Å². The van der Waals surface area contributed by atoms with E-state index in [1.54, 1.807) is 11.0 Å². The van der Waals surface area contributed by atoms with Crippen molar-refractivity contribution in [3.8, 4) is 0 Å². The summed E-state index contributed by atoms with van der Waals surface area (Å²) in [6, 6.07) is 5.01. The molecule has 5 atom stereocenters. The lowest BCUT2D eigenvalue weighted by Gasteiger charge is -2.25. The summed E-state index contributed by atoms with van der Waals surface area (Å²) in [5, 5.41) is 21.1. The first-order valence-electron chi connectivity index (χ1n) is 12.8. The average Bonchev–Trinajstić information content (AvgIpc) is 3.65. The summed E-state index contributed by atoms with van der Waals surface area (Å²) < 4.78 is 50.2. The highest BCUT2D eigenvalue weighted by Gasteiger charge is 2.48.